The van der Waals surface area contributed by atoms with E-state index in [2.05, 4.69) is 72.5 Å². The number of fused-ring (bicyclic) bond motifs is 1. The summed E-state index contributed by atoms with van der Waals surface area (Å²) in [5.74, 6) is 1.86. The number of phenols is 1. The van der Waals surface area contributed by atoms with Gasteiger partial charge >= 0.3 is 0 Å². The van der Waals surface area contributed by atoms with E-state index in [0.29, 0.717) is 5.69 Å². The summed E-state index contributed by atoms with van der Waals surface area (Å²) in [6.07, 6.45) is 10.7. The molecule has 0 radical (unpaired) electrons. The second-order valence-electron chi connectivity index (χ2n) is 7.65. The lowest BCUT2D eigenvalue weighted by molar-refractivity contribution is 0.415. The van der Waals surface area contributed by atoms with Crippen LogP contribution in [0.4, 0.5) is 11.4 Å². The van der Waals surface area contributed by atoms with Crippen molar-refractivity contribution in [1.82, 2.24) is 0 Å². The molecule has 0 saturated heterocycles. The Morgan fingerprint density at radius 2 is 1.79 bits per heavy atom. The molecule has 1 aliphatic heterocycles. The van der Waals surface area contributed by atoms with Crippen LogP contribution in [-0.2, 0) is 0 Å². The number of ether oxygens (including phenoxy) is 1. The smallest absolute Gasteiger partial charge is 0.118 e. The van der Waals surface area contributed by atoms with Gasteiger partial charge in [-0.1, -0.05) is 54.3 Å². The minimum absolute atomic E-state index is 0.194. The molecule has 0 unspecified atom stereocenters. The molecular formula is C28H28N2O2S2. The molecule has 6 heteroatoms. The normalized spacial score (nSPS) is 14.4. The lowest BCUT2D eigenvalue weighted by Gasteiger charge is -2.17. The van der Waals surface area contributed by atoms with Crippen molar-refractivity contribution in [2.75, 3.05) is 30.0 Å². The molecular weight excluding hydrogens is 460 g/mol. The number of hydrogen-bond donors (Lipinski definition) is 2. The Kier molecular flexibility index (Phi) is 7.93. The van der Waals surface area contributed by atoms with Gasteiger partial charge in [0.15, 0.2) is 0 Å². The summed E-state index contributed by atoms with van der Waals surface area (Å²) in [5.41, 5.74) is 10.1. The number of rotatable bonds is 8. The predicted octanol–water partition coefficient (Wildman–Crippen LogP) is 7.28. The second kappa shape index (κ2) is 11.3. The van der Waals surface area contributed by atoms with Crippen LogP contribution in [0.2, 0.25) is 0 Å². The molecule has 4 rings (SSSR count). The van der Waals surface area contributed by atoms with Gasteiger partial charge in [-0.15, -0.1) is 11.8 Å². The molecule has 34 heavy (non-hydrogen) atoms. The van der Waals surface area contributed by atoms with Crippen LogP contribution < -0.4 is 15.4 Å². The van der Waals surface area contributed by atoms with Gasteiger partial charge in [-0.05, 0) is 60.5 Å². The molecule has 0 saturated carbocycles. The van der Waals surface area contributed by atoms with Crippen molar-refractivity contribution >= 4 is 47.1 Å². The quantitative estimate of drug-likeness (QED) is 0.197. The maximum atomic E-state index is 9.48. The fourth-order valence-corrected chi connectivity index (χ4v) is 5.56. The minimum Gasteiger partial charge on any atom is -0.508 e. The molecule has 174 valence electrons. The topological polar surface area (TPSA) is 58.7 Å². The number of nitrogen functional groups attached to an aromatic ring is 1. The summed E-state index contributed by atoms with van der Waals surface area (Å²) >= 11 is 3.45. The summed E-state index contributed by atoms with van der Waals surface area (Å²) in [4.78, 5) is 4.58. The van der Waals surface area contributed by atoms with E-state index in [9.17, 15) is 5.11 Å². The predicted molar refractivity (Wildman–Crippen MR) is 148 cm³/mol. The van der Waals surface area contributed by atoms with Crippen LogP contribution in [0.25, 0.3) is 12.2 Å². The fourth-order valence-electron chi connectivity index (χ4n) is 3.59. The Morgan fingerprint density at radius 1 is 1.03 bits per heavy atom. The van der Waals surface area contributed by atoms with Crippen molar-refractivity contribution < 1.29 is 9.84 Å². The molecule has 0 spiro atoms. The molecule has 3 aromatic carbocycles. The highest BCUT2D eigenvalue weighted by Gasteiger charge is 2.23. The highest BCUT2D eigenvalue weighted by Crippen LogP contribution is 2.46. The van der Waals surface area contributed by atoms with Crippen molar-refractivity contribution in [2.45, 2.75) is 16.7 Å². The Balaban J connectivity index is 1.40. The Morgan fingerprint density at radius 3 is 2.53 bits per heavy atom. The summed E-state index contributed by atoms with van der Waals surface area (Å²) < 4.78 is 5.23. The van der Waals surface area contributed by atoms with Crippen molar-refractivity contribution in [3.8, 4) is 11.5 Å². The highest BCUT2D eigenvalue weighted by atomic mass is 32.2. The number of hydrogen-bond acceptors (Lipinski definition) is 6. The van der Waals surface area contributed by atoms with E-state index < -0.39 is 0 Å². The van der Waals surface area contributed by atoms with Gasteiger partial charge < -0.3 is 20.5 Å². The summed E-state index contributed by atoms with van der Waals surface area (Å²) in [6, 6.07) is 19.8. The number of phenolic OH excluding ortho intramolecular Hbond substituents is 1. The molecule has 1 aliphatic rings. The van der Waals surface area contributed by atoms with Crippen molar-refractivity contribution in [3.63, 3.8) is 0 Å². The third kappa shape index (κ3) is 5.82. The van der Waals surface area contributed by atoms with E-state index in [1.54, 1.807) is 42.8 Å². The number of thioether (sulfide) groups is 2. The van der Waals surface area contributed by atoms with E-state index in [1.165, 1.54) is 21.2 Å². The van der Waals surface area contributed by atoms with Crippen LogP contribution in [0.3, 0.4) is 0 Å². The first kappa shape index (κ1) is 23.9. The Hall–Kier alpha value is -3.22. The molecule has 0 aromatic heterocycles. The van der Waals surface area contributed by atoms with Gasteiger partial charge in [0, 0.05) is 33.8 Å². The zero-order valence-electron chi connectivity index (χ0n) is 19.3. The number of anilines is 2. The van der Waals surface area contributed by atoms with Crippen LogP contribution in [0, 0.1) is 0 Å². The van der Waals surface area contributed by atoms with Gasteiger partial charge in [-0.25, -0.2) is 0 Å². The summed E-state index contributed by atoms with van der Waals surface area (Å²) in [6.45, 7) is 3.09. The minimum atomic E-state index is 0.194. The lowest BCUT2D eigenvalue weighted by atomic mass is 10.1. The first-order valence-corrected chi connectivity index (χ1v) is 12.9. The van der Waals surface area contributed by atoms with Gasteiger partial charge in [-0.2, -0.15) is 0 Å². The largest absolute Gasteiger partial charge is 0.508 e. The fraction of sp³-hybridized carbons (Fsp3) is 0.143. The van der Waals surface area contributed by atoms with E-state index in [4.69, 9.17) is 10.5 Å². The maximum Gasteiger partial charge on any atom is 0.118 e. The van der Waals surface area contributed by atoms with Crippen LogP contribution in [0.15, 0.2) is 93.7 Å². The number of aromatic hydroxyl groups is 1. The third-order valence-electron chi connectivity index (χ3n) is 5.36. The number of nitrogens with zero attached hydrogens (tertiary/aromatic N) is 1. The molecule has 0 atom stereocenters. The van der Waals surface area contributed by atoms with Crippen LogP contribution in [0.1, 0.15) is 18.1 Å². The summed E-state index contributed by atoms with van der Waals surface area (Å²) in [7, 11) is 1.68. The number of methoxy groups -OCH3 is 1. The maximum absolute atomic E-state index is 9.48. The van der Waals surface area contributed by atoms with E-state index >= 15 is 0 Å². The van der Waals surface area contributed by atoms with E-state index in [0.717, 1.165) is 28.5 Å². The lowest BCUT2D eigenvalue weighted by Crippen LogP contribution is -2.16. The molecule has 0 amide bonds. The van der Waals surface area contributed by atoms with Gasteiger partial charge in [0.25, 0.3) is 0 Å². The van der Waals surface area contributed by atoms with E-state index in [-0.39, 0.29) is 5.75 Å². The van der Waals surface area contributed by atoms with Gasteiger partial charge in [-0.3, -0.25) is 0 Å². The third-order valence-corrected chi connectivity index (χ3v) is 7.51. The zero-order chi connectivity index (χ0) is 23.9. The van der Waals surface area contributed by atoms with E-state index in [1.807, 2.05) is 18.2 Å². The molecule has 3 N–H and O–H groups in total. The molecule has 0 bridgehead atoms. The van der Waals surface area contributed by atoms with Gasteiger partial charge in [0.2, 0.25) is 0 Å². The summed E-state index contributed by atoms with van der Waals surface area (Å²) in [5, 5.41) is 10.7. The molecule has 1 heterocycles. The average Bonchev–Trinajstić information content (AvgIpc) is 3.20. The van der Waals surface area contributed by atoms with Crippen LogP contribution in [0.5, 0.6) is 11.5 Å². The Labute approximate surface area is 209 Å². The van der Waals surface area contributed by atoms with Crippen molar-refractivity contribution in [3.05, 3.63) is 95.0 Å². The second-order valence-corrected chi connectivity index (χ2v) is 9.77. The van der Waals surface area contributed by atoms with Gasteiger partial charge in [0.1, 0.15) is 11.5 Å². The molecule has 0 aliphatic carbocycles. The average molecular weight is 489 g/mol. The van der Waals surface area contributed by atoms with Crippen molar-refractivity contribution in [1.29, 1.82) is 0 Å². The SMILES string of the molecule is CCN1/C(=C\C=C\CSc2ccc(O)cc2N)Sc2cc(/C=C/c3ccc(OC)cc3)ccc21. The highest BCUT2D eigenvalue weighted by molar-refractivity contribution is 8.03. The standard InChI is InChI=1S/C28H28N2O2S2/c1-3-30-25-15-11-21(8-7-20-9-13-23(32-2)14-10-20)18-27(25)34-28(30)6-4-5-17-33-26-16-12-22(31)19-24(26)29/h4-16,18-19,31H,3,17,29H2,1-2H3/b5-4+,8-7+,28-6+. The van der Waals surface area contributed by atoms with Crippen LogP contribution in [-0.4, -0.2) is 24.5 Å². The Bertz CT molecular complexity index is 1230. The zero-order valence-corrected chi connectivity index (χ0v) is 20.9. The number of nitrogens with two attached hydrogens (primary N) is 1. The molecule has 3 aromatic rings. The molecule has 4 nitrogen and oxygen atoms in total. The van der Waals surface area contributed by atoms with Crippen LogP contribution >= 0.6 is 23.5 Å². The molecule has 0 fully saturated rings. The van der Waals surface area contributed by atoms with Gasteiger partial charge in [0.05, 0.1) is 17.8 Å². The van der Waals surface area contributed by atoms with Crippen molar-refractivity contribution in [2.24, 2.45) is 0 Å². The first-order valence-electron chi connectivity index (χ1n) is 11.1. The monoisotopic (exact) mass is 488 g/mol. The number of benzene rings is 3. The number of allylic oxidation sites excluding steroid dienone is 2. The first-order chi connectivity index (χ1) is 16.6.